The summed E-state index contributed by atoms with van der Waals surface area (Å²) in [5, 5.41) is 0.717. The molecule has 0 amide bonds. The van der Waals surface area contributed by atoms with Crippen LogP contribution in [0.1, 0.15) is 16.9 Å². The van der Waals surface area contributed by atoms with Gasteiger partial charge in [-0.25, -0.2) is 0 Å². The summed E-state index contributed by atoms with van der Waals surface area (Å²) in [4.78, 5) is 0. The molecule has 90 valence electrons. The van der Waals surface area contributed by atoms with Gasteiger partial charge in [0.1, 0.15) is 12.4 Å². The Labute approximate surface area is 105 Å². The lowest BCUT2D eigenvalue weighted by Crippen LogP contribution is -1.94. The predicted octanol–water partition coefficient (Wildman–Crippen LogP) is 3.11. The number of rotatable bonds is 5. The van der Waals surface area contributed by atoms with Crippen LogP contribution in [0.3, 0.4) is 0 Å². The van der Waals surface area contributed by atoms with E-state index in [-0.39, 0.29) is 0 Å². The predicted molar refractivity (Wildman–Crippen MR) is 66.5 cm³/mol. The molecule has 0 saturated carbocycles. The van der Waals surface area contributed by atoms with E-state index in [1.54, 1.807) is 6.26 Å². The fraction of sp³-hybridized carbons (Fsp3) is 0.231. The Morgan fingerprint density at radius 1 is 1.18 bits per heavy atom. The van der Waals surface area contributed by atoms with Gasteiger partial charge in [-0.3, -0.25) is 0 Å². The highest BCUT2D eigenvalue weighted by Crippen LogP contribution is 2.13. The lowest BCUT2D eigenvalue weighted by atomic mass is 10.2. The molecule has 0 atom stereocenters. The van der Waals surface area contributed by atoms with Gasteiger partial charge in [0.15, 0.2) is 0 Å². The molecule has 0 saturated heterocycles. The first-order valence-electron chi connectivity index (χ1n) is 5.36. The molecule has 0 aliphatic carbocycles. The van der Waals surface area contributed by atoms with E-state index in [1.165, 1.54) is 0 Å². The fourth-order valence-corrected chi connectivity index (χ4v) is 1.72. The number of furan rings is 1. The monoisotopic (exact) mass is 251 g/mol. The number of benzene rings is 1. The topological polar surface area (TPSA) is 48.4 Å². The molecular weight excluding hydrogens is 238 g/mol. The molecule has 0 fully saturated rings. The number of hydrogen-bond acceptors (Lipinski definition) is 3. The first-order valence-corrected chi connectivity index (χ1v) is 5.74. The first-order chi connectivity index (χ1) is 8.28. The van der Waals surface area contributed by atoms with Gasteiger partial charge in [-0.05, 0) is 23.8 Å². The summed E-state index contributed by atoms with van der Waals surface area (Å²) in [7, 11) is 0. The van der Waals surface area contributed by atoms with Crippen molar-refractivity contribution in [3.05, 3.63) is 58.5 Å². The van der Waals surface area contributed by atoms with Gasteiger partial charge in [-0.2, -0.15) is 0 Å². The Morgan fingerprint density at radius 2 is 2.06 bits per heavy atom. The molecule has 17 heavy (non-hydrogen) atoms. The molecule has 1 aromatic carbocycles. The minimum Gasteiger partial charge on any atom is -0.467 e. The highest BCUT2D eigenvalue weighted by atomic mass is 35.5. The summed E-state index contributed by atoms with van der Waals surface area (Å²) < 4.78 is 10.8. The number of nitrogens with two attached hydrogens (primary N) is 1. The van der Waals surface area contributed by atoms with E-state index in [0.29, 0.717) is 19.8 Å². The van der Waals surface area contributed by atoms with Crippen molar-refractivity contribution in [3.8, 4) is 0 Å². The van der Waals surface area contributed by atoms with Gasteiger partial charge in [0.05, 0.1) is 12.9 Å². The van der Waals surface area contributed by atoms with Crippen LogP contribution in [0.5, 0.6) is 0 Å². The fourth-order valence-electron chi connectivity index (χ4n) is 1.51. The van der Waals surface area contributed by atoms with E-state index in [0.717, 1.165) is 21.9 Å². The molecule has 4 heteroatoms. The quantitative estimate of drug-likeness (QED) is 0.888. The SMILES string of the molecule is NCc1coc(COCc2cccc(Cl)c2)c1. The number of halogens is 1. The van der Waals surface area contributed by atoms with Crippen LogP contribution in [0.2, 0.25) is 5.02 Å². The summed E-state index contributed by atoms with van der Waals surface area (Å²) >= 11 is 5.87. The van der Waals surface area contributed by atoms with Crippen LogP contribution in [0, 0.1) is 0 Å². The largest absolute Gasteiger partial charge is 0.467 e. The third kappa shape index (κ3) is 3.60. The third-order valence-corrected chi connectivity index (χ3v) is 2.58. The molecule has 2 aromatic rings. The summed E-state index contributed by atoms with van der Waals surface area (Å²) in [5.41, 5.74) is 7.51. The van der Waals surface area contributed by atoms with Crippen molar-refractivity contribution in [2.45, 2.75) is 19.8 Å². The van der Waals surface area contributed by atoms with Crippen LogP contribution in [0.4, 0.5) is 0 Å². The van der Waals surface area contributed by atoms with Gasteiger partial charge < -0.3 is 14.9 Å². The summed E-state index contributed by atoms with van der Waals surface area (Å²) in [6.07, 6.45) is 1.65. The Hall–Kier alpha value is -1.29. The number of ether oxygens (including phenoxy) is 1. The van der Waals surface area contributed by atoms with Gasteiger partial charge in [0.25, 0.3) is 0 Å². The van der Waals surface area contributed by atoms with Crippen molar-refractivity contribution >= 4 is 11.6 Å². The Kier molecular flexibility index (Phi) is 4.20. The number of hydrogen-bond donors (Lipinski definition) is 1. The van der Waals surface area contributed by atoms with Crippen molar-refractivity contribution < 1.29 is 9.15 Å². The highest BCUT2D eigenvalue weighted by molar-refractivity contribution is 6.30. The zero-order valence-corrected chi connectivity index (χ0v) is 10.1. The molecule has 0 bridgehead atoms. The molecule has 1 aromatic heterocycles. The van der Waals surface area contributed by atoms with Crippen molar-refractivity contribution in [2.75, 3.05) is 0 Å². The molecule has 3 nitrogen and oxygen atoms in total. The van der Waals surface area contributed by atoms with Crippen LogP contribution in [0.25, 0.3) is 0 Å². The Morgan fingerprint density at radius 3 is 2.76 bits per heavy atom. The van der Waals surface area contributed by atoms with E-state index in [9.17, 15) is 0 Å². The Bertz CT molecular complexity index is 482. The average Bonchev–Trinajstić information content (AvgIpc) is 2.77. The maximum atomic E-state index is 5.87. The molecule has 0 aliphatic heterocycles. The second-order valence-corrected chi connectivity index (χ2v) is 4.18. The van der Waals surface area contributed by atoms with E-state index >= 15 is 0 Å². The molecule has 0 unspecified atom stereocenters. The Balaban J connectivity index is 1.83. The van der Waals surface area contributed by atoms with Gasteiger partial charge in [-0.1, -0.05) is 23.7 Å². The van der Waals surface area contributed by atoms with Crippen molar-refractivity contribution in [1.29, 1.82) is 0 Å². The summed E-state index contributed by atoms with van der Waals surface area (Å²) in [5.74, 6) is 0.785. The second-order valence-electron chi connectivity index (χ2n) is 3.75. The van der Waals surface area contributed by atoms with E-state index in [1.807, 2.05) is 30.3 Å². The lowest BCUT2D eigenvalue weighted by molar-refractivity contribution is 0.0929. The molecule has 1 heterocycles. The molecule has 2 N–H and O–H groups in total. The van der Waals surface area contributed by atoms with E-state index in [4.69, 9.17) is 26.5 Å². The molecule has 0 aliphatic rings. The highest BCUT2D eigenvalue weighted by Gasteiger charge is 2.01. The van der Waals surface area contributed by atoms with Crippen LogP contribution in [-0.2, 0) is 24.5 Å². The smallest absolute Gasteiger partial charge is 0.129 e. The van der Waals surface area contributed by atoms with Crippen LogP contribution < -0.4 is 5.73 Å². The van der Waals surface area contributed by atoms with Gasteiger partial charge in [0, 0.05) is 17.1 Å². The minimum atomic E-state index is 0.437. The maximum absolute atomic E-state index is 5.87. The normalized spacial score (nSPS) is 10.7. The van der Waals surface area contributed by atoms with Gasteiger partial charge in [0.2, 0.25) is 0 Å². The third-order valence-electron chi connectivity index (χ3n) is 2.35. The second kappa shape index (κ2) is 5.87. The van der Waals surface area contributed by atoms with Gasteiger partial charge in [-0.15, -0.1) is 0 Å². The zero-order valence-electron chi connectivity index (χ0n) is 9.36. The summed E-state index contributed by atoms with van der Waals surface area (Å²) in [6.45, 7) is 1.43. The van der Waals surface area contributed by atoms with Gasteiger partial charge >= 0.3 is 0 Å². The van der Waals surface area contributed by atoms with Crippen molar-refractivity contribution in [3.63, 3.8) is 0 Å². The molecule has 0 radical (unpaired) electrons. The molecule has 0 spiro atoms. The molecular formula is C13H14ClNO2. The van der Waals surface area contributed by atoms with Crippen LogP contribution in [-0.4, -0.2) is 0 Å². The van der Waals surface area contributed by atoms with Crippen LogP contribution >= 0.6 is 11.6 Å². The van der Waals surface area contributed by atoms with E-state index < -0.39 is 0 Å². The van der Waals surface area contributed by atoms with Crippen molar-refractivity contribution in [1.82, 2.24) is 0 Å². The lowest BCUT2D eigenvalue weighted by Gasteiger charge is -2.02. The zero-order chi connectivity index (χ0) is 12.1. The van der Waals surface area contributed by atoms with E-state index in [2.05, 4.69) is 0 Å². The van der Waals surface area contributed by atoms with Crippen LogP contribution in [0.15, 0.2) is 41.0 Å². The standard InChI is InChI=1S/C13H14ClNO2/c14-12-3-1-2-10(4-12)7-16-9-13-5-11(6-15)8-17-13/h1-5,8H,6-7,9,15H2. The minimum absolute atomic E-state index is 0.437. The van der Waals surface area contributed by atoms with Crippen molar-refractivity contribution in [2.24, 2.45) is 5.73 Å². The first kappa shape index (κ1) is 12.2. The average molecular weight is 252 g/mol. The molecule has 2 rings (SSSR count). The maximum Gasteiger partial charge on any atom is 0.129 e. The summed E-state index contributed by atoms with van der Waals surface area (Å²) in [6, 6.07) is 9.50.